The van der Waals surface area contributed by atoms with Crippen molar-refractivity contribution in [3.8, 4) is 11.5 Å². The van der Waals surface area contributed by atoms with Crippen molar-refractivity contribution < 1.29 is 22.3 Å². The highest BCUT2D eigenvalue weighted by Crippen LogP contribution is 2.36. The first kappa shape index (κ1) is 32.1. The van der Waals surface area contributed by atoms with Crippen LogP contribution in [-0.2, 0) is 27.5 Å². The van der Waals surface area contributed by atoms with Gasteiger partial charge < -0.3 is 13.9 Å². The summed E-state index contributed by atoms with van der Waals surface area (Å²) in [6, 6.07) is 15.1. The van der Waals surface area contributed by atoms with Crippen molar-refractivity contribution in [3.05, 3.63) is 72.3 Å². The number of sulfonamides is 1. The lowest BCUT2D eigenvalue weighted by Gasteiger charge is -2.36. The van der Waals surface area contributed by atoms with Crippen molar-refractivity contribution in [2.75, 3.05) is 20.8 Å². The molecular formula is C30H47NO5SSi. The van der Waals surface area contributed by atoms with Gasteiger partial charge in [0, 0.05) is 19.7 Å². The third-order valence-electron chi connectivity index (χ3n) is 7.45. The molecule has 0 bridgehead atoms. The molecule has 0 saturated carbocycles. The summed E-state index contributed by atoms with van der Waals surface area (Å²) in [6.07, 6.45) is 4.23. The lowest BCUT2D eigenvalue weighted by molar-refractivity contribution is 0.276. The zero-order chi connectivity index (χ0) is 28.4. The lowest BCUT2D eigenvalue weighted by atomic mass is 10.1. The maximum atomic E-state index is 14.2. The zero-order valence-corrected chi connectivity index (χ0v) is 26.1. The maximum Gasteiger partial charge on any atom is 0.217 e. The summed E-state index contributed by atoms with van der Waals surface area (Å²) in [7, 11) is -2.27. The van der Waals surface area contributed by atoms with Crippen LogP contribution in [0.1, 0.15) is 57.6 Å². The fourth-order valence-electron chi connectivity index (χ4n) is 3.92. The van der Waals surface area contributed by atoms with E-state index < -0.39 is 23.6 Å². The molecule has 2 aromatic rings. The third kappa shape index (κ3) is 9.26. The van der Waals surface area contributed by atoms with E-state index >= 15 is 0 Å². The second-order valence-corrected chi connectivity index (χ2v) is 18.3. The molecular weight excluding hydrogens is 514 g/mol. The molecule has 1 atom stereocenters. The number of hydrogen-bond acceptors (Lipinski definition) is 5. The number of ether oxygens (including phenoxy) is 2. The molecule has 0 amide bonds. The van der Waals surface area contributed by atoms with Crippen LogP contribution in [0, 0.1) is 0 Å². The lowest BCUT2D eigenvalue weighted by Crippen LogP contribution is -2.41. The molecule has 0 aliphatic heterocycles. The topological polar surface area (TPSA) is 65.1 Å². The van der Waals surface area contributed by atoms with Crippen LogP contribution in [0.3, 0.4) is 0 Å². The number of benzene rings is 2. The molecule has 2 aromatic carbocycles. The van der Waals surface area contributed by atoms with Crippen LogP contribution in [0.2, 0.25) is 18.1 Å². The van der Waals surface area contributed by atoms with Crippen molar-refractivity contribution in [2.45, 2.75) is 82.9 Å². The largest absolute Gasteiger partial charge is 0.497 e. The highest BCUT2D eigenvalue weighted by molar-refractivity contribution is 7.89. The van der Waals surface area contributed by atoms with Gasteiger partial charge in [0.05, 0.1) is 19.5 Å². The third-order valence-corrected chi connectivity index (χ3v) is 14.3. The van der Waals surface area contributed by atoms with Gasteiger partial charge in [-0.05, 0) is 79.2 Å². The van der Waals surface area contributed by atoms with E-state index in [0.29, 0.717) is 32.3 Å². The Labute approximate surface area is 232 Å². The molecule has 2 rings (SSSR count). The van der Waals surface area contributed by atoms with E-state index in [2.05, 4.69) is 40.4 Å². The monoisotopic (exact) mass is 561 g/mol. The van der Waals surface area contributed by atoms with Crippen molar-refractivity contribution in [2.24, 2.45) is 0 Å². The minimum Gasteiger partial charge on any atom is -0.497 e. The molecule has 0 radical (unpaired) electrons. The molecule has 0 heterocycles. The van der Waals surface area contributed by atoms with Gasteiger partial charge in [-0.15, -0.1) is 6.58 Å². The summed E-state index contributed by atoms with van der Waals surface area (Å²) in [4.78, 5) is 0. The highest BCUT2D eigenvalue weighted by Gasteiger charge is 2.37. The van der Waals surface area contributed by atoms with E-state index in [1.54, 1.807) is 24.6 Å². The Morgan fingerprint density at radius 1 is 0.895 bits per heavy atom. The minimum atomic E-state index is -3.63. The van der Waals surface area contributed by atoms with Crippen molar-refractivity contribution in [1.82, 2.24) is 4.31 Å². The van der Waals surface area contributed by atoms with Crippen LogP contribution in [0.5, 0.6) is 11.5 Å². The molecule has 212 valence electrons. The standard InChI is InChI=1S/C30H47NO5SSi/c1-9-10-12-29(13-11-22-36-38(7,8)30(2,3)4)37(32,33)31(23-25-14-18-27(34-5)19-15-25)24-26-16-20-28(35-6)21-17-26/h9,14-21,29H,1,10-13,22-24H2,2-8H3. The Kier molecular flexibility index (Phi) is 12.1. The summed E-state index contributed by atoms with van der Waals surface area (Å²) in [5.41, 5.74) is 1.82. The molecule has 0 saturated heterocycles. The van der Waals surface area contributed by atoms with Gasteiger partial charge in [-0.25, -0.2) is 8.42 Å². The highest BCUT2D eigenvalue weighted by atomic mass is 32.2. The Balaban J connectivity index is 2.28. The Hall–Kier alpha value is -2.13. The number of rotatable bonds is 16. The molecule has 0 fully saturated rings. The number of nitrogens with zero attached hydrogens (tertiary/aromatic N) is 1. The van der Waals surface area contributed by atoms with Crippen molar-refractivity contribution in [3.63, 3.8) is 0 Å². The van der Waals surface area contributed by atoms with Crippen molar-refractivity contribution >= 4 is 18.3 Å². The van der Waals surface area contributed by atoms with Gasteiger partial charge in [0.15, 0.2) is 8.32 Å². The molecule has 0 aliphatic rings. The fourth-order valence-corrected chi connectivity index (χ4v) is 6.98. The van der Waals surface area contributed by atoms with Gasteiger partial charge in [0.1, 0.15) is 11.5 Å². The summed E-state index contributed by atoms with van der Waals surface area (Å²) >= 11 is 0. The zero-order valence-electron chi connectivity index (χ0n) is 24.3. The first-order valence-corrected chi connectivity index (χ1v) is 17.7. The van der Waals surface area contributed by atoms with Crippen LogP contribution in [0.4, 0.5) is 0 Å². The van der Waals surface area contributed by atoms with E-state index in [0.717, 1.165) is 22.6 Å². The van der Waals surface area contributed by atoms with Crippen LogP contribution >= 0.6 is 0 Å². The average molecular weight is 562 g/mol. The number of methoxy groups -OCH3 is 2. The Morgan fingerprint density at radius 2 is 1.37 bits per heavy atom. The van der Waals surface area contributed by atoms with E-state index in [1.807, 2.05) is 48.5 Å². The van der Waals surface area contributed by atoms with Crippen LogP contribution < -0.4 is 9.47 Å². The van der Waals surface area contributed by atoms with E-state index in [9.17, 15) is 8.42 Å². The van der Waals surface area contributed by atoms with Gasteiger partial charge in [-0.3, -0.25) is 0 Å². The molecule has 1 unspecified atom stereocenters. The predicted molar refractivity (Wildman–Crippen MR) is 160 cm³/mol. The quantitative estimate of drug-likeness (QED) is 0.123. The van der Waals surface area contributed by atoms with Crippen LogP contribution in [0.25, 0.3) is 0 Å². The molecule has 0 N–H and O–H groups in total. The minimum absolute atomic E-state index is 0.120. The second kappa shape index (κ2) is 14.3. The first-order chi connectivity index (χ1) is 17.8. The van der Waals surface area contributed by atoms with Gasteiger partial charge in [0.2, 0.25) is 10.0 Å². The fraction of sp³-hybridized carbons (Fsp3) is 0.533. The van der Waals surface area contributed by atoms with Crippen LogP contribution in [-0.4, -0.2) is 47.1 Å². The number of allylic oxidation sites excluding steroid dienone is 1. The van der Waals surface area contributed by atoms with Gasteiger partial charge in [0.25, 0.3) is 0 Å². The molecule has 0 aromatic heterocycles. The van der Waals surface area contributed by atoms with E-state index in [-0.39, 0.29) is 18.1 Å². The summed E-state index contributed by atoms with van der Waals surface area (Å²) < 4.78 is 46.8. The summed E-state index contributed by atoms with van der Waals surface area (Å²) in [5, 5.41) is -0.394. The predicted octanol–water partition coefficient (Wildman–Crippen LogP) is 7.17. The average Bonchev–Trinajstić information content (AvgIpc) is 2.87. The smallest absolute Gasteiger partial charge is 0.217 e. The Bertz CT molecular complexity index is 1040. The molecule has 38 heavy (non-hydrogen) atoms. The molecule has 0 spiro atoms. The molecule has 0 aliphatic carbocycles. The van der Waals surface area contributed by atoms with Gasteiger partial charge >= 0.3 is 0 Å². The van der Waals surface area contributed by atoms with Crippen LogP contribution in [0.15, 0.2) is 61.2 Å². The van der Waals surface area contributed by atoms with Crippen molar-refractivity contribution in [1.29, 1.82) is 0 Å². The number of hydrogen-bond donors (Lipinski definition) is 0. The van der Waals surface area contributed by atoms with Gasteiger partial charge in [-0.2, -0.15) is 4.31 Å². The maximum absolute atomic E-state index is 14.2. The molecule has 8 heteroatoms. The van der Waals surface area contributed by atoms with E-state index in [4.69, 9.17) is 13.9 Å². The summed E-state index contributed by atoms with van der Waals surface area (Å²) in [6.45, 7) is 16.1. The Morgan fingerprint density at radius 3 is 1.76 bits per heavy atom. The van der Waals surface area contributed by atoms with E-state index in [1.165, 1.54) is 0 Å². The first-order valence-electron chi connectivity index (χ1n) is 13.3. The van der Waals surface area contributed by atoms with Gasteiger partial charge in [-0.1, -0.05) is 51.1 Å². The summed E-state index contributed by atoms with van der Waals surface area (Å²) in [5.74, 6) is 1.48. The second-order valence-electron chi connectivity index (χ2n) is 11.2. The normalized spacial score (nSPS) is 13.4. The SMILES string of the molecule is C=CCCC(CCCO[Si](C)(C)C(C)(C)C)S(=O)(=O)N(Cc1ccc(OC)cc1)Cc1ccc(OC)cc1. The molecule has 6 nitrogen and oxygen atoms in total.